The molecule has 0 spiro atoms. The zero-order valence-electron chi connectivity index (χ0n) is 7.52. The van der Waals surface area contributed by atoms with E-state index in [-0.39, 0.29) is 5.17 Å². The second-order valence-electron chi connectivity index (χ2n) is 2.45. The highest BCUT2D eigenvalue weighted by Crippen LogP contribution is 2.28. The van der Waals surface area contributed by atoms with Crippen LogP contribution in [0.25, 0.3) is 0 Å². The summed E-state index contributed by atoms with van der Waals surface area (Å²) in [5.74, 6) is 0.686. The zero-order valence-corrected chi connectivity index (χ0v) is 8.27. The van der Waals surface area contributed by atoms with Crippen LogP contribution in [0.4, 0.5) is 5.69 Å². The van der Waals surface area contributed by atoms with Crippen LogP contribution in [-0.2, 0) is 0 Å². The van der Waals surface area contributed by atoms with E-state index in [2.05, 4.69) is 5.32 Å². The lowest BCUT2D eigenvalue weighted by Gasteiger charge is -2.11. The second kappa shape index (κ2) is 4.14. The molecule has 0 radical (unpaired) electrons. The van der Waals surface area contributed by atoms with Crippen molar-refractivity contribution in [1.82, 2.24) is 0 Å². The lowest BCUT2D eigenvalue weighted by atomic mass is 10.2. The van der Waals surface area contributed by atoms with Crippen LogP contribution in [0.1, 0.15) is 5.56 Å². The first-order valence-corrected chi connectivity index (χ1v) is 4.17. The normalized spacial score (nSPS) is 9.46. The van der Waals surface area contributed by atoms with E-state index in [1.165, 1.54) is 0 Å². The average molecular weight is 199 g/mol. The molecule has 0 aliphatic rings. The van der Waals surface area contributed by atoms with E-state index in [1.807, 2.05) is 6.07 Å². The smallest absolute Gasteiger partial charge is 0.142 e. The van der Waals surface area contributed by atoms with Gasteiger partial charge in [-0.2, -0.15) is 0 Å². The Hall–Kier alpha value is -1.22. The van der Waals surface area contributed by atoms with Gasteiger partial charge in [0.15, 0.2) is 0 Å². The van der Waals surface area contributed by atoms with E-state index in [0.717, 1.165) is 5.69 Å². The molecule has 0 bridgehead atoms. The number of halogens is 1. The number of benzene rings is 1. The van der Waals surface area contributed by atoms with Crippen molar-refractivity contribution < 1.29 is 4.74 Å². The van der Waals surface area contributed by atoms with Crippen LogP contribution in [0.5, 0.6) is 5.75 Å². The van der Waals surface area contributed by atoms with Crippen molar-refractivity contribution in [2.75, 3.05) is 19.5 Å². The summed E-state index contributed by atoms with van der Waals surface area (Å²) in [5.41, 5.74) is 1.38. The molecule has 3 nitrogen and oxygen atoms in total. The summed E-state index contributed by atoms with van der Waals surface area (Å²) >= 11 is 5.60. The summed E-state index contributed by atoms with van der Waals surface area (Å²) in [7, 11) is 3.35. The Morgan fingerprint density at radius 3 is 2.69 bits per heavy atom. The molecule has 1 aromatic rings. The van der Waals surface area contributed by atoms with E-state index in [1.54, 1.807) is 26.3 Å². The summed E-state index contributed by atoms with van der Waals surface area (Å²) in [6.45, 7) is 0. The third-order valence-electron chi connectivity index (χ3n) is 1.73. The van der Waals surface area contributed by atoms with Gasteiger partial charge in [-0.05, 0) is 12.1 Å². The number of para-hydroxylation sites is 1. The number of methoxy groups -OCH3 is 1. The lowest BCUT2D eigenvalue weighted by Crippen LogP contribution is -2.00. The molecule has 0 fully saturated rings. The zero-order chi connectivity index (χ0) is 9.84. The highest BCUT2D eigenvalue weighted by atomic mass is 35.5. The van der Waals surface area contributed by atoms with Gasteiger partial charge in [0, 0.05) is 12.6 Å². The van der Waals surface area contributed by atoms with Crippen molar-refractivity contribution >= 4 is 22.5 Å². The maximum Gasteiger partial charge on any atom is 0.142 e. The van der Waals surface area contributed by atoms with E-state index in [4.69, 9.17) is 21.7 Å². The van der Waals surface area contributed by atoms with Gasteiger partial charge in [0.2, 0.25) is 0 Å². The van der Waals surface area contributed by atoms with Crippen molar-refractivity contribution in [3.8, 4) is 5.75 Å². The molecule has 4 heteroatoms. The van der Waals surface area contributed by atoms with Crippen LogP contribution >= 0.6 is 11.6 Å². The van der Waals surface area contributed by atoms with Crippen LogP contribution in [0.15, 0.2) is 18.2 Å². The number of anilines is 1. The Morgan fingerprint density at radius 2 is 2.23 bits per heavy atom. The van der Waals surface area contributed by atoms with Crippen molar-refractivity contribution in [3.63, 3.8) is 0 Å². The summed E-state index contributed by atoms with van der Waals surface area (Å²) in [5, 5.41) is 10.3. The number of nitrogens with one attached hydrogen (secondary N) is 2. The summed E-state index contributed by atoms with van der Waals surface area (Å²) in [6, 6.07) is 5.38. The monoisotopic (exact) mass is 198 g/mol. The molecule has 1 rings (SSSR count). The molecule has 0 unspecified atom stereocenters. The Bertz CT molecular complexity index is 325. The third-order valence-corrected chi connectivity index (χ3v) is 1.94. The molecule has 0 saturated heterocycles. The van der Waals surface area contributed by atoms with Crippen molar-refractivity contribution in [1.29, 1.82) is 5.41 Å². The predicted octanol–water partition coefficient (Wildman–Crippen LogP) is 2.30. The van der Waals surface area contributed by atoms with Crippen LogP contribution in [0.3, 0.4) is 0 Å². The first-order chi connectivity index (χ1) is 6.20. The molecule has 1 aromatic carbocycles. The third kappa shape index (κ3) is 1.92. The Balaban J connectivity index is 3.27. The fourth-order valence-electron chi connectivity index (χ4n) is 1.14. The van der Waals surface area contributed by atoms with Gasteiger partial charge in [-0.15, -0.1) is 0 Å². The minimum atomic E-state index is 0.00301. The number of hydrogen-bond acceptors (Lipinski definition) is 3. The van der Waals surface area contributed by atoms with E-state index >= 15 is 0 Å². The van der Waals surface area contributed by atoms with Gasteiger partial charge >= 0.3 is 0 Å². The highest BCUT2D eigenvalue weighted by Gasteiger charge is 2.09. The molecule has 0 aromatic heterocycles. The molecule has 2 N–H and O–H groups in total. The maximum atomic E-state index is 7.32. The van der Waals surface area contributed by atoms with Gasteiger partial charge in [0.25, 0.3) is 0 Å². The number of rotatable bonds is 3. The fourth-order valence-corrected chi connectivity index (χ4v) is 1.30. The molecule has 70 valence electrons. The van der Waals surface area contributed by atoms with Crippen molar-refractivity contribution in [3.05, 3.63) is 23.8 Å². The fraction of sp³-hybridized carbons (Fsp3) is 0.222. The largest absolute Gasteiger partial charge is 0.495 e. The van der Waals surface area contributed by atoms with Gasteiger partial charge in [0.1, 0.15) is 10.9 Å². The Labute approximate surface area is 82.2 Å². The quantitative estimate of drug-likeness (QED) is 0.733. The first kappa shape index (κ1) is 9.86. The molecule has 0 aliphatic heterocycles. The first-order valence-electron chi connectivity index (χ1n) is 3.80. The predicted molar refractivity (Wildman–Crippen MR) is 55.2 cm³/mol. The highest BCUT2D eigenvalue weighted by molar-refractivity contribution is 6.69. The summed E-state index contributed by atoms with van der Waals surface area (Å²) in [4.78, 5) is 0. The molecule has 0 aliphatic carbocycles. The second-order valence-corrected chi connectivity index (χ2v) is 2.82. The van der Waals surface area contributed by atoms with Crippen LogP contribution in [0.2, 0.25) is 0 Å². The van der Waals surface area contributed by atoms with Crippen LogP contribution in [-0.4, -0.2) is 19.3 Å². The SMILES string of the molecule is CNc1c(OC)cccc1C(=N)Cl. The van der Waals surface area contributed by atoms with E-state index in [0.29, 0.717) is 11.3 Å². The molecular formula is C9H11ClN2O. The van der Waals surface area contributed by atoms with Crippen LogP contribution in [0, 0.1) is 5.41 Å². The Kier molecular flexibility index (Phi) is 3.14. The van der Waals surface area contributed by atoms with E-state index in [9.17, 15) is 0 Å². The standard InChI is InChI=1S/C9H11ClN2O/c1-12-8-6(9(10)11)4-3-5-7(8)13-2/h3-5,11-12H,1-2H3. The molecule has 0 atom stereocenters. The Morgan fingerprint density at radius 1 is 1.54 bits per heavy atom. The van der Waals surface area contributed by atoms with Gasteiger partial charge in [-0.1, -0.05) is 17.7 Å². The minimum Gasteiger partial charge on any atom is -0.495 e. The van der Waals surface area contributed by atoms with Gasteiger partial charge < -0.3 is 10.1 Å². The maximum absolute atomic E-state index is 7.32. The summed E-state index contributed by atoms with van der Waals surface area (Å²) in [6.07, 6.45) is 0. The van der Waals surface area contributed by atoms with Crippen molar-refractivity contribution in [2.45, 2.75) is 0 Å². The van der Waals surface area contributed by atoms with Crippen molar-refractivity contribution in [2.24, 2.45) is 0 Å². The lowest BCUT2D eigenvalue weighted by molar-refractivity contribution is 0.416. The molecule has 0 amide bonds. The average Bonchev–Trinajstić information content (AvgIpc) is 2.16. The van der Waals surface area contributed by atoms with E-state index < -0.39 is 0 Å². The minimum absolute atomic E-state index is 0.00301. The topological polar surface area (TPSA) is 45.1 Å². The molecular weight excluding hydrogens is 188 g/mol. The molecule has 0 saturated carbocycles. The van der Waals surface area contributed by atoms with Crippen LogP contribution < -0.4 is 10.1 Å². The van der Waals surface area contributed by atoms with Gasteiger partial charge in [-0.3, -0.25) is 5.41 Å². The summed E-state index contributed by atoms with van der Waals surface area (Å²) < 4.78 is 5.11. The van der Waals surface area contributed by atoms with Gasteiger partial charge in [0.05, 0.1) is 12.8 Å². The number of ether oxygens (including phenoxy) is 1. The number of hydrogen-bond donors (Lipinski definition) is 2. The molecule has 13 heavy (non-hydrogen) atoms. The van der Waals surface area contributed by atoms with Gasteiger partial charge in [-0.25, -0.2) is 0 Å². The molecule has 0 heterocycles.